The first-order valence-corrected chi connectivity index (χ1v) is 11.5. The Kier molecular flexibility index (Phi) is 7.48. The van der Waals surface area contributed by atoms with Gasteiger partial charge in [-0.25, -0.2) is 4.79 Å². The lowest BCUT2D eigenvalue weighted by atomic mass is 9.88. The predicted octanol–water partition coefficient (Wildman–Crippen LogP) is 3.79. The van der Waals surface area contributed by atoms with Gasteiger partial charge in [0.05, 0.1) is 13.7 Å². The fourth-order valence-corrected chi connectivity index (χ4v) is 3.62. The van der Waals surface area contributed by atoms with Gasteiger partial charge in [0.2, 0.25) is 0 Å². The predicted molar refractivity (Wildman–Crippen MR) is 137 cm³/mol. The number of ether oxygens (including phenoxy) is 1. The van der Waals surface area contributed by atoms with Crippen molar-refractivity contribution in [2.24, 2.45) is 5.41 Å². The van der Waals surface area contributed by atoms with E-state index in [2.05, 4.69) is 49.3 Å². The summed E-state index contributed by atoms with van der Waals surface area (Å²) in [5.41, 5.74) is 2.93. The molecule has 2 aromatic rings. The molecule has 2 aromatic carbocycles. The van der Waals surface area contributed by atoms with E-state index in [1.165, 1.54) is 12.0 Å². The van der Waals surface area contributed by atoms with Crippen molar-refractivity contribution in [3.05, 3.63) is 83.7 Å². The highest BCUT2D eigenvalue weighted by Crippen LogP contribution is 2.34. The number of carbonyl (C=O) groups is 4. The molecule has 1 unspecified atom stereocenters. The van der Waals surface area contributed by atoms with Crippen molar-refractivity contribution in [2.75, 3.05) is 7.11 Å². The van der Waals surface area contributed by atoms with Crippen LogP contribution in [0.5, 0.6) is 0 Å². The number of methoxy groups -OCH3 is 1. The van der Waals surface area contributed by atoms with Crippen LogP contribution < -0.4 is 10.6 Å². The minimum absolute atomic E-state index is 0.00542. The van der Waals surface area contributed by atoms with Crippen LogP contribution in [0, 0.1) is 5.41 Å². The van der Waals surface area contributed by atoms with Crippen molar-refractivity contribution in [2.45, 2.75) is 40.3 Å². The number of benzene rings is 2. The number of fused-ring (bicyclic) bond motifs is 1. The number of esters is 1. The monoisotopic (exact) mass is 489 g/mol. The lowest BCUT2D eigenvalue weighted by Crippen LogP contribution is -2.41. The van der Waals surface area contributed by atoms with Gasteiger partial charge in [-0.05, 0) is 47.2 Å². The number of amides is 3. The molecule has 0 aliphatic carbocycles. The zero-order valence-electron chi connectivity index (χ0n) is 21.2. The normalized spacial score (nSPS) is 13.5. The molecular formula is C28H31N3O5. The topological polar surface area (TPSA) is 105 Å². The van der Waals surface area contributed by atoms with Crippen molar-refractivity contribution in [1.29, 1.82) is 0 Å². The Morgan fingerprint density at radius 2 is 1.64 bits per heavy atom. The fraction of sp³-hybridized carbons (Fsp3) is 0.286. The SMILES string of the molecule is C=C(NC(=O)C(=C)N1Cc2c(cccc2-c2ccc(C(=O)NC(C)C(C)(C)C)cc2)C1=O)C(=O)OC. The van der Waals surface area contributed by atoms with Crippen LogP contribution >= 0.6 is 0 Å². The smallest absolute Gasteiger partial charge is 0.353 e. The van der Waals surface area contributed by atoms with Gasteiger partial charge in [0.1, 0.15) is 11.4 Å². The van der Waals surface area contributed by atoms with Crippen molar-refractivity contribution >= 4 is 23.7 Å². The summed E-state index contributed by atoms with van der Waals surface area (Å²) in [4.78, 5) is 51.0. The molecule has 1 aliphatic rings. The molecule has 8 heteroatoms. The van der Waals surface area contributed by atoms with Gasteiger partial charge in [0, 0.05) is 17.2 Å². The summed E-state index contributed by atoms with van der Waals surface area (Å²) in [7, 11) is 1.17. The highest BCUT2D eigenvalue weighted by atomic mass is 16.5. The van der Waals surface area contributed by atoms with E-state index in [-0.39, 0.29) is 41.2 Å². The number of hydrogen-bond donors (Lipinski definition) is 2. The summed E-state index contributed by atoms with van der Waals surface area (Å²) in [6.45, 7) is 15.5. The Balaban J connectivity index is 1.80. The Labute approximate surface area is 211 Å². The van der Waals surface area contributed by atoms with E-state index < -0.39 is 11.9 Å². The summed E-state index contributed by atoms with van der Waals surface area (Å²) in [5.74, 6) is -2.05. The van der Waals surface area contributed by atoms with Gasteiger partial charge in [-0.2, -0.15) is 0 Å². The number of rotatable bonds is 7. The Morgan fingerprint density at radius 1 is 1.03 bits per heavy atom. The molecular weight excluding hydrogens is 458 g/mol. The number of nitrogens with zero attached hydrogens (tertiary/aromatic N) is 1. The zero-order chi connectivity index (χ0) is 26.8. The van der Waals surface area contributed by atoms with Crippen LogP contribution in [0.25, 0.3) is 11.1 Å². The first kappa shape index (κ1) is 26.4. The van der Waals surface area contributed by atoms with Gasteiger partial charge in [0.15, 0.2) is 0 Å². The maximum Gasteiger partial charge on any atom is 0.353 e. The molecule has 8 nitrogen and oxygen atoms in total. The van der Waals surface area contributed by atoms with Crippen molar-refractivity contribution in [1.82, 2.24) is 15.5 Å². The summed E-state index contributed by atoms with van der Waals surface area (Å²) < 4.78 is 4.52. The van der Waals surface area contributed by atoms with Gasteiger partial charge >= 0.3 is 5.97 Å². The van der Waals surface area contributed by atoms with E-state index >= 15 is 0 Å². The van der Waals surface area contributed by atoms with Gasteiger partial charge in [-0.1, -0.05) is 58.2 Å². The number of nitrogens with one attached hydrogen (secondary N) is 2. The van der Waals surface area contributed by atoms with E-state index in [4.69, 9.17) is 0 Å². The van der Waals surface area contributed by atoms with Crippen molar-refractivity contribution < 1.29 is 23.9 Å². The standard InChI is InChI=1S/C28H31N3O5/c1-16(27(35)36-7)29-24(32)17(2)31-15-23-21(9-8-10-22(23)26(31)34)19-11-13-20(14-12-19)25(33)30-18(3)28(4,5)6/h8-14,18H,1-2,15H2,3-7H3,(H,29,32)(H,30,33). The summed E-state index contributed by atoms with van der Waals surface area (Å²) in [6, 6.07) is 12.5. The highest BCUT2D eigenvalue weighted by molar-refractivity contribution is 6.08. The maximum absolute atomic E-state index is 13.0. The lowest BCUT2D eigenvalue weighted by Gasteiger charge is -2.28. The fourth-order valence-electron chi connectivity index (χ4n) is 3.62. The van der Waals surface area contributed by atoms with Crippen LogP contribution in [0.1, 0.15) is 54.0 Å². The van der Waals surface area contributed by atoms with Gasteiger partial charge in [-0.3, -0.25) is 19.3 Å². The Bertz CT molecular complexity index is 1250. The van der Waals surface area contributed by atoms with Crippen molar-refractivity contribution in [3.63, 3.8) is 0 Å². The third kappa shape index (κ3) is 5.38. The van der Waals surface area contributed by atoms with Crippen LogP contribution in [-0.4, -0.2) is 41.7 Å². The molecule has 0 saturated heterocycles. The second-order valence-electron chi connectivity index (χ2n) is 9.73. The molecule has 1 heterocycles. The zero-order valence-corrected chi connectivity index (χ0v) is 21.2. The molecule has 0 fully saturated rings. The first-order valence-electron chi connectivity index (χ1n) is 11.5. The average molecular weight is 490 g/mol. The maximum atomic E-state index is 13.0. The third-order valence-corrected chi connectivity index (χ3v) is 6.36. The first-order chi connectivity index (χ1) is 16.8. The van der Waals surface area contributed by atoms with Crippen LogP contribution in [0.15, 0.2) is 67.0 Å². The second-order valence-corrected chi connectivity index (χ2v) is 9.73. The Hall–Kier alpha value is -4.20. The minimum Gasteiger partial charge on any atom is -0.464 e. The molecule has 2 N–H and O–H groups in total. The molecule has 1 aliphatic heterocycles. The van der Waals surface area contributed by atoms with Crippen molar-refractivity contribution in [3.8, 4) is 11.1 Å². The minimum atomic E-state index is -0.792. The molecule has 3 rings (SSSR count). The number of hydrogen-bond acceptors (Lipinski definition) is 5. The second kappa shape index (κ2) is 10.2. The molecule has 188 valence electrons. The molecule has 3 amide bonds. The van der Waals surface area contributed by atoms with Crippen LogP contribution in [0.3, 0.4) is 0 Å². The molecule has 36 heavy (non-hydrogen) atoms. The summed E-state index contributed by atoms with van der Waals surface area (Å²) in [5, 5.41) is 5.32. The molecule has 0 spiro atoms. The molecule has 0 saturated carbocycles. The average Bonchev–Trinajstić information content (AvgIpc) is 3.18. The van der Waals surface area contributed by atoms with Gasteiger partial charge in [-0.15, -0.1) is 0 Å². The van der Waals surface area contributed by atoms with Crippen LogP contribution in [0.4, 0.5) is 0 Å². The van der Waals surface area contributed by atoms with E-state index in [0.29, 0.717) is 11.1 Å². The lowest BCUT2D eigenvalue weighted by molar-refractivity contribution is -0.137. The van der Waals surface area contributed by atoms with E-state index in [1.807, 2.05) is 25.1 Å². The van der Waals surface area contributed by atoms with E-state index in [1.54, 1.807) is 24.3 Å². The Morgan fingerprint density at radius 3 is 2.22 bits per heavy atom. The highest BCUT2D eigenvalue weighted by Gasteiger charge is 2.33. The molecule has 1 atom stereocenters. The molecule has 0 bridgehead atoms. The van der Waals surface area contributed by atoms with E-state index in [0.717, 1.165) is 16.7 Å². The summed E-state index contributed by atoms with van der Waals surface area (Å²) >= 11 is 0. The quantitative estimate of drug-likeness (QED) is 0.455. The van der Waals surface area contributed by atoms with Crippen LogP contribution in [0.2, 0.25) is 0 Å². The van der Waals surface area contributed by atoms with Crippen LogP contribution in [-0.2, 0) is 20.9 Å². The molecule has 0 aromatic heterocycles. The summed E-state index contributed by atoms with van der Waals surface area (Å²) in [6.07, 6.45) is 0. The van der Waals surface area contributed by atoms with E-state index in [9.17, 15) is 19.2 Å². The number of carbonyl (C=O) groups excluding carboxylic acids is 4. The third-order valence-electron chi connectivity index (χ3n) is 6.36. The molecule has 0 radical (unpaired) electrons. The largest absolute Gasteiger partial charge is 0.464 e. The van der Waals surface area contributed by atoms with Gasteiger partial charge < -0.3 is 15.4 Å². The van der Waals surface area contributed by atoms with Gasteiger partial charge in [0.25, 0.3) is 17.7 Å².